The van der Waals surface area contributed by atoms with Crippen LogP contribution in [0, 0.1) is 17.2 Å². The Labute approximate surface area is 237 Å². The first kappa shape index (κ1) is 27.3. The van der Waals surface area contributed by atoms with Crippen molar-refractivity contribution in [3.63, 3.8) is 0 Å². The second kappa shape index (κ2) is 11.9. The summed E-state index contributed by atoms with van der Waals surface area (Å²) in [5.74, 6) is 0.260. The van der Waals surface area contributed by atoms with Gasteiger partial charge in [0.05, 0.1) is 27.9 Å². The average molecular weight is 550 g/mol. The lowest BCUT2D eigenvalue weighted by Gasteiger charge is -2.34. The highest BCUT2D eigenvalue weighted by Gasteiger charge is 2.34. The number of rotatable bonds is 9. The van der Waals surface area contributed by atoms with Crippen LogP contribution in [0.15, 0.2) is 88.1 Å². The van der Waals surface area contributed by atoms with Crippen molar-refractivity contribution in [1.29, 1.82) is 5.26 Å². The van der Waals surface area contributed by atoms with Gasteiger partial charge in [0.1, 0.15) is 11.3 Å². The molecule has 1 atom stereocenters. The van der Waals surface area contributed by atoms with Crippen LogP contribution in [-0.2, 0) is 6.42 Å². The van der Waals surface area contributed by atoms with Crippen molar-refractivity contribution in [3.8, 4) is 6.07 Å². The summed E-state index contributed by atoms with van der Waals surface area (Å²) >= 11 is 1.46. The predicted octanol–water partition coefficient (Wildman–Crippen LogP) is 6.66. The molecule has 0 aliphatic carbocycles. The minimum absolute atomic E-state index is 0.0784. The molecule has 6 nitrogen and oxygen atoms in total. The molecule has 0 saturated carbocycles. The molecule has 0 bridgehead atoms. The van der Waals surface area contributed by atoms with E-state index < -0.39 is 6.04 Å². The molecule has 2 aromatic heterocycles. The topological polar surface area (TPSA) is 100 Å². The van der Waals surface area contributed by atoms with Gasteiger partial charge in [0.15, 0.2) is 5.43 Å². The fourth-order valence-electron chi connectivity index (χ4n) is 5.19. The molecule has 0 spiro atoms. The lowest BCUT2D eigenvalue weighted by Crippen LogP contribution is -2.39. The van der Waals surface area contributed by atoms with E-state index in [1.165, 1.54) is 11.3 Å². The molecule has 202 valence electrons. The Hall–Kier alpha value is -4.25. The van der Waals surface area contributed by atoms with Crippen molar-refractivity contribution in [3.05, 3.63) is 116 Å². The molecule has 0 saturated heterocycles. The summed E-state index contributed by atoms with van der Waals surface area (Å²) in [6.07, 6.45) is 0.962. The smallest absolute Gasteiger partial charge is 0.264 e. The number of fused-ring (bicyclic) bond motifs is 2. The lowest BCUT2D eigenvalue weighted by atomic mass is 9.92. The van der Waals surface area contributed by atoms with E-state index in [2.05, 4.69) is 6.07 Å². The van der Waals surface area contributed by atoms with Gasteiger partial charge in [0.25, 0.3) is 5.91 Å². The molecule has 1 amide bonds. The minimum Gasteiger partial charge on any atom is -0.458 e. The van der Waals surface area contributed by atoms with Gasteiger partial charge in [-0.05, 0) is 60.2 Å². The van der Waals surface area contributed by atoms with Crippen LogP contribution in [0.1, 0.15) is 58.4 Å². The third kappa shape index (κ3) is 5.42. The van der Waals surface area contributed by atoms with Gasteiger partial charge in [-0.1, -0.05) is 62.4 Å². The Balaban J connectivity index is 1.71. The fourth-order valence-corrected chi connectivity index (χ4v) is 6.21. The van der Waals surface area contributed by atoms with Crippen molar-refractivity contribution in [1.82, 2.24) is 4.90 Å². The second-order valence-corrected chi connectivity index (χ2v) is 11.3. The third-order valence-corrected chi connectivity index (χ3v) is 8.21. The summed E-state index contributed by atoms with van der Waals surface area (Å²) in [6.45, 7) is 4.89. The Morgan fingerprint density at radius 2 is 1.80 bits per heavy atom. The standard InChI is InChI=1S/C33H31N3O3S/c1-21(2)30(36(16-8-15-34)33(38)29-19-24-11-6-7-12-28(24)40-29)32-26(17-22-9-4-3-5-10-22)31(37)25-14-13-23(20-35)18-27(25)39-32/h3-7,9-14,18-19,21,30H,8,15-17,34H2,1-2H3. The third-order valence-electron chi connectivity index (χ3n) is 7.11. The molecule has 3 aromatic carbocycles. The van der Waals surface area contributed by atoms with Gasteiger partial charge in [-0.3, -0.25) is 9.59 Å². The van der Waals surface area contributed by atoms with E-state index in [4.69, 9.17) is 10.2 Å². The predicted molar refractivity (Wildman–Crippen MR) is 161 cm³/mol. The summed E-state index contributed by atoms with van der Waals surface area (Å²) in [5.41, 5.74) is 8.00. The monoisotopic (exact) mass is 549 g/mol. The van der Waals surface area contributed by atoms with Gasteiger partial charge in [0, 0.05) is 23.2 Å². The number of hydrogen-bond acceptors (Lipinski definition) is 6. The van der Waals surface area contributed by atoms with E-state index >= 15 is 0 Å². The van der Waals surface area contributed by atoms with Crippen molar-refractivity contribution in [2.45, 2.75) is 32.7 Å². The molecule has 5 aromatic rings. The summed E-state index contributed by atoms with van der Waals surface area (Å²) in [5, 5.41) is 10.9. The zero-order valence-corrected chi connectivity index (χ0v) is 23.4. The number of benzene rings is 3. The van der Waals surface area contributed by atoms with E-state index in [0.29, 0.717) is 58.7 Å². The number of nitrogens with zero attached hydrogens (tertiary/aromatic N) is 2. The van der Waals surface area contributed by atoms with Crippen LogP contribution in [0.2, 0.25) is 0 Å². The van der Waals surface area contributed by atoms with Crippen LogP contribution in [0.5, 0.6) is 0 Å². The molecule has 0 fully saturated rings. The highest BCUT2D eigenvalue weighted by molar-refractivity contribution is 7.20. The highest BCUT2D eigenvalue weighted by Crippen LogP contribution is 2.36. The van der Waals surface area contributed by atoms with Crippen molar-refractivity contribution in [2.24, 2.45) is 11.7 Å². The van der Waals surface area contributed by atoms with E-state index in [-0.39, 0.29) is 17.3 Å². The maximum Gasteiger partial charge on any atom is 0.264 e. The molecule has 5 rings (SSSR count). The number of thiophene rings is 1. The second-order valence-electron chi connectivity index (χ2n) is 10.2. The molecule has 1 unspecified atom stereocenters. The van der Waals surface area contributed by atoms with Crippen LogP contribution in [0.4, 0.5) is 0 Å². The molecule has 7 heteroatoms. The largest absolute Gasteiger partial charge is 0.458 e. The number of nitrogens with two attached hydrogens (primary N) is 1. The number of amides is 1. The molecular formula is C33H31N3O3S. The molecule has 40 heavy (non-hydrogen) atoms. The Morgan fingerprint density at radius 3 is 2.50 bits per heavy atom. The number of nitriles is 1. The molecule has 2 N–H and O–H groups in total. The molecular weight excluding hydrogens is 518 g/mol. The van der Waals surface area contributed by atoms with Gasteiger partial charge >= 0.3 is 0 Å². The Morgan fingerprint density at radius 1 is 1.05 bits per heavy atom. The van der Waals surface area contributed by atoms with Crippen LogP contribution < -0.4 is 11.2 Å². The van der Waals surface area contributed by atoms with Gasteiger partial charge in [-0.25, -0.2) is 0 Å². The lowest BCUT2D eigenvalue weighted by molar-refractivity contribution is 0.0592. The summed E-state index contributed by atoms with van der Waals surface area (Å²) in [7, 11) is 0. The normalized spacial score (nSPS) is 12.1. The van der Waals surface area contributed by atoms with E-state index in [1.807, 2.05) is 79.4 Å². The fraction of sp³-hybridized carbons (Fsp3) is 0.242. The maximum atomic E-state index is 14.2. The van der Waals surface area contributed by atoms with Gasteiger partial charge < -0.3 is 15.1 Å². The Bertz CT molecular complexity index is 1730. The van der Waals surface area contributed by atoms with Crippen molar-refractivity contribution >= 4 is 38.3 Å². The van der Waals surface area contributed by atoms with E-state index in [9.17, 15) is 14.9 Å². The average Bonchev–Trinajstić information content (AvgIpc) is 3.41. The zero-order chi connectivity index (χ0) is 28.2. The van der Waals surface area contributed by atoms with Gasteiger partial charge in [-0.15, -0.1) is 11.3 Å². The van der Waals surface area contributed by atoms with Crippen molar-refractivity contribution < 1.29 is 9.21 Å². The maximum absolute atomic E-state index is 14.2. The Kier molecular flexibility index (Phi) is 8.11. The number of hydrogen-bond donors (Lipinski definition) is 1. The molecule has 0 radical (unpaired) electrons. The molecule has 0 aliphatic rings. The van der Waals surface area contributed by atoms with Gasteiger partial charge in [-0.2, -0.15) is 5.26 Å². The van der Waals surface area contributed by atoms with E-state index in [0.717, 1.165) is 15.6 Å². The summed E-state index contributed by atoms with van der Waals surface area (Å²) in [4.78, 5) is 30.6. The number of carbonyl (C=O) groups excluding carboxylic acids is 1. The van der Waals surface area contributed by atoms with Crippen LogP contribution in [0.3, 0.4) is 0 Å². The first-order valence-electron chi connectivity index (χ1n) is 13.4. The van der Waals surface area contributed by atoms with Crippen molar-refractivity contribution in [2.75, 3.05) is 13.1 Å². The van der Waals surface area contributed by atoms with Crippen LogP contribution in [-0.4, -0.2) is 23.9 Å². The SMILES string of the molecule is CC(C)C(c1oc2cc(C#N)ccc2c(=O)c1Cc1ccccc1)N(CCCN)C(=O)c1cc2ccccc2s1. The van der Waals surface area contributed by atoms with E-state index in [1.54, 1.807) is 18.2 Å². The molecule has 2 heterocycles. The summed E-state index contributed by atoms with van der Waals surface area (Å²) < 4.78 is 7.58. The quantitative estimate of drug-likeness (QED) is 0.222. The highest BCUT2D eigenvalue weighted by atomic mass is 32.1. The zero-order valence-electron chi connectivity index (χ0n) is 22.6. The van der Waals surface area contributed by atoms with Crippen LogP contribution >= 0.6 is 11.3 Å². The summed E-state index contributed by atoms with van der Waals surface area (Å²) in [6, 6.07) is 26.1. The van der Waals surface area contributed by atoms with Gasteiger partial charge in [0.2, 0.25) is 0 Å². The number of carbonyl (C=O) groups is 1. The first-order valence-corrected chi connectivity index (χ1v) is 14.3. The molecule has 0 aliphatic heterocycles. The minimum atomic E-state index is -0.522. The first-order chi connectivity index (χ1) is 19.4. The van der Waals surface area contributed by atoms with Crippen LogP contribution in [0.25, 0.3) is 21.1 Å².